The molecule has 7 aliphatic rings. The van der Waals surface area contributed by atoms with Crippen LogP contribution < -0.4 is 5.32 Å². The molecule has 5 fully saturated rings. The highest BCUT2D eigenvalue weighted by molar-refractivity contribution is 5.75. The van der Waals surface area contributed by atoms with Crippen molar-refractivity contribution in [3.63, 3.8) is 0 Å². The number of rotatable bonds is 8. The molecule has 4 saturated carbocycles. The second kappa shape index (κ2) is 12.8. The van der Waals surface area contributed by atoms with Crippen LogP contribution in [0.3, 0.4) is 0 Å². The molecule has 6 aliphatic carbocycles. The summed E-state index contributed by atoms with van der Waals surface area (Å²) >= 11 is 0. The fourth-order valence-corrected chi connectivity index (χ4v) is 14.8. The second-order valence-electron chi connectivity index (χ2n) is 20.8. The number of halogens is 1. The molecule has 6 heteroatoms. The molecule has 0 amide bonds. The Morgan fingerprint density at radius 2 is 1.63 bits per heavy atom. The molecule has 3 unspecified atom stereocenters. The number of carbonyl (C=O) groups is 1. The number of nitrogens with one attached hydrogen (secondary N) is 1. The second-order valence-corrected chi connectivity index (χ2v) is 20.8. The summed E-state index contributed by atoms with van der Waals surface area (Å²) in [7, 11) is 0. The van der Waals surface area contributed by atoms with Crippen LogP contribution in [0, 0.1) is 56.7 Å². The first-order valence-corrected chi connectivity index (χ1v) is 20.9. The third kappa shape index (κ3) is 5.71. The van der Waals surface area contributed by atoms with Gasteiger partial charge in [-0.2, -0.15) is 0 Å². The summed E-state index contributed by atoms with van der Waals surface area (Å²) in [4.78, 5) is 14.6. The van der Waals surface area contributed by atoms with Crippen LogP contribution in [-0.2, 0) is 4.79 Å². The van der Waals surface area contributed by atoms with E-state index in [2.05, 4.69) is 70.5 Å². The van der Waals surface area contributed by atoms with Gasteiger partial charge in [0.1, 0.15) is 6.67 Å². The Hall–Kier alpha value is -1.50. The number of aliphatic carboxylic acids is 1. The molecule has 0 radical (unpaired) electrons. The molecule has 0 aromatic rings. The van der Waals surface area contributed by atoms with Gasteiger partial charge in [-0.3, -0.25) is 4.79 Å². The molecular weight excluding hydrogens is 636 g/mol. The van der Waals surface area contributed by atoms with Crippen molar-refractivity contribution in [1.82, 2.24) is 10.2 Å². The zero-order valence-electron chi connectivity index (χ0n) is 33.3. The van der Waals surface area contributed by atoms with Crippen molar-refractivity contribution in [2.24, 2.45) is 56.7 Å². The van der Waals surface area contributed by atoms with Crippen molar-refractivity contribution in [2.75, 3.05) is 32.9 Å². The molecule has 0 aromatic heterocycles. The Balaban J connectivity index is 1.13. The average molecular weight is 707 g/mol. The number of fused-ring (bicyclic) bond motifs is 7. The third-order valence-corrected chi connectivity index (χ3v) is 18.2. The molecule has 1 heterocycles. The minimum absolute atomic E-state index is 0.00313. The highest BCUT2D eigenvalue weighted by atomic mass is 19.1. The zero-order valence-corrected chi connectivity index (χ0v) is 33.3. The van der Waals surface area contributed by atoms with Gasteiger partial charge < -0.3 is 20.4 Å². The first-order chi connectivity index (χ1) is 23.9. The Kier molecular flexibility index (Phi) is 9.48. The molecule has 1 saturated heterocycles. The standard InChI is InChI=1S/C45H71FN2O3/c1-30(2)32-13-20-45(47-25-28-48-26-23-40(5,51)24-27-48)22-21-42(7)34(37(32)45)9-10-36-41(6)16-14-33(39(3,4)35(41)15-17-43(36,42)8)31-11-18-44(29-46,19-12-31)38(49)50/h11,14,32,34-37,47,51H,1,9-10,12-13,15-29H2,2-8H3,(H,49,50)/t32-,34+,35?,36?,37+,41-,42+,43+,44-,45?/m0/s1. The Bertz CT molecular complexity index is 1460. The minimum atomic E-state index is -1.25. The first kappa shape index (κ1) is 37.8. The zero-order chi connectivity index (χ0) is 36.8. The van der Waals surface area contributed by atoms with Gasteiger partial charge in [0.15, 0.2) is 0 Å². The fourth-order valence-electron chi connectivity index (χ4n) is 14.8. The number of carboxylic acid groups (broad SMARTS) is 1. The quantitative estimate of drug-likeness (QED) is 0.219. The van der Waals surface area contributed by atoms with Crippen LogP contribution in [-0.4, -0.2) is 65.1 Å². The van der Waals surface area contributed by atoms with Gasteiger partial charge in [-0.05, 0) is 166 Å². The van der Waals surface area contributed by atoms with Gasteiger partial charge in [-0.1, -0.05) is 58.9 Å². The lowest BCUT2D eigenvalue weighted by atomic mass is 9.33. The average Bonchev–Trinajstić information content (AvgIpc) is 3.46. The number of hydrogen-bond acceptors (Lipinski definition) is 4. The number of nitrogens with zero attached hydrogens (tertiary/aromatic N) is 1. The third-order valence-electron chi connectivity index (χ3n) is 18.2. The maximum absolute atomic E-state index is 14.0. The van der Waals surface area contributed by atoms with Crippen LogP contribution in [0.15, 0.2) is 35.5 Å². The smallest absolute Gasteiger partial charge is 0.312 e. The van der Waals surface area contributed by atoms with E-state index >= 15 is 0 Å². The van der Waals surface area contributed by atoms with Crippen LogP contribution in [0.5, 0.6) is 0 Å². The van der Waals surface area contributed by atoms with Crippen molar-refractivity contribution in [1.29, 1.82) is 0 Å². The molecule has 0 bridgehead atoms. The van der Waals surface area contributed by atoms with Crippen LogP contribution >= 0.6 is 0 Å². The summed E-state index contributed by atoms with van der Waals surface area (Å²) in [6.45, 7) is 25.3. The summed E-state index contributed by atoms with van der Waals surface area (Å²) in [5, 5.41) is 24.6. The molecule has 7 rings (SSSR count). The molecule has 1 aliphatic heterocycles. The molecule has 286 valence electrons. The van der Waals surface area contributed by atoms with E-state index in [4.69, 9.17) is 0 Å². The summed E-state index contributed by atoms with van der Waals surface area (Å²) in [5.41, 5.74) is 3.37. The minimum Gasteiger partial charge on any atom is -0.481 e. The van der Waals surface area contributed by atoms with Crippen molar-refractivity contribution < 1.29 is 19.4 Å². The van der Waals surface area contributed by atoms with Crippen LogP contribution in [0.2, 0.25) is 0 Å². The Morgan fingerprint density at radius 3 is 2.25 bits per heavy atom. The summed E-state index contributed by atoms with van der Waals surface area (Å²) < 4.78 is 14.0. The van der Waals surface area contributed by atoms with Gasteiger partial charge in [0.05, 0.1) is 11.0 Å². The van der Waals surface area contributed by atoms with Crippen LogP contribution in [0.25, 0.3) is 0 Å². The van der Waals surface area contributed by atoms with E-state index in [1.807, 2.05) is 6.92 Å². The Labute approximate surface area is 309 Å². The van der Waals surface area contributed by atoms with E-state index in [1.54, 1.807) is 0 Å². The van der Waals surface area contributed by atoms with Crippen molar-refractivity contribution in [2.45, 2.75) is 149 Å². The van der Waals surface area contributed by atoms with Crippen molar-refractivity contribution in [3.05, 3.63) is 35.5 Å². The van der Waals surface area contributed by atoms with Crippen molar-refractivity contribution in [3.8, 4) is 0 Å². The van der Waals surface area contributed by atoms with E-state index in [0.717, 1.165) is 45.4 Å². The van der Waals surface area contributed by atoms with Gasteiger partial charge in [-0.25, -0.2) is 4.39 Å². The van der Waals surface area contributed by atoms with Crippen LogP contribution in [0.4, 0.5) is 4.39 Å². The molecule has 5 nitrogen and oxygen atoms in total. The van der Waals surface area contributed by atoms with E-state index in [9.17, 15) is 19.4 Å². The first-order valence-electron chi connectivity index (χ1n) is 20.9. The van der Waals surface area contributed by atoms with E-state index in [1.165, 1.54) is 68.1 Å². The number of piperidine rings is 1. The number of hydrogen-bond donors (Lipinski definition) is 3. The molecule has 0 aromatic carbocycles. The van der Waals surface area contributed by atoms with E-state index in [0.29, 0.717) is 54.3 Å². The molecule has 0 spiro atoms. The largest absolute Gasteiger partial charge is 0.481 e. The predicted molar refractivity (Wildman–Crippen MR) is 205 cm³/mol. The number of likely N-dealkylation sites (tertiary alicyclic amines) is 1. The van der Waals surface area contributed by atoms with E-state index < -0.39 is 23.7 Å². The highest BCUT2D eigenvalue weighted by Gasteiger charge is 2.70. The van der Waals surface area contributed by atoms with Gasteiger partial charge in [0.2, 0.25) is 0 Å². The molecule has 3 N–H and O–H groups in total. The topological polar surface area (TPSA) is 72.8 Å². The van der Waals surface area contributed by atoms with Crippen LogP contribution in [0.1, 0.15) is 138 Å². The lowest BCUT2D eigenvalue weighted by molar-refractivity contribution is -0.221. The number of aliphatic hydroxyl groups is 1. The predicted octanol–water partition coefficient (Wildman–Crippen LogP) is 9.52. The molecule has 51 heavy (non-hydrogen) atoms. The van der Waals surface area contributed by atoms with Gasteiger partial charge in [0.25, 0.3) is 0 Å². The highest BCUT2D eigenvalue weighted by Crippen LogP contribution is 2.76. The Morgan fingerprint density at radius 1 is 0.902 bits per heavy atom. The molecular formula is C45H71FN2O3. The monoisotopic (exact) mass is 707 g/mol. The lowest BCUT2D eigenvalue weighted by Gasteiger charge is -2.72. The normalized spacial score (nSPS) is 46.1. The lowest BCUT2D eigenvalue weighted by Crippen LogP contribution is -2.68. The summed E-state index contributed by atoms with van der Waals surface area (Å²) in [6, 6.07) is 0. The summed E-state index contributed by atoms with van der Waals surface area (Å²) in [6.07, 6.45) is 19.1. The number of alkyl halides is 1. The maximum atomic E-state index is 14.0. The van der Waals surface area contributed by atoms with E-state index in [-0.39, 0.29) is 21.8 Å². The number of carboxylic acids is 1. The number of allylic oxidation sites excluding steroid dienone is 5. The fraction of sp³-hybridized carbons (Fsp3) is 0.844. The maximum Gasteiger partial charge on any atom is 0.312 e. The summed E-state index contributed by atoms with van der Waals surface area (Å²) in [5.74, 6) is 2.21. The van der Waals surface area contributed by atoms with Gasteiger partial charge >= 0.3 is 5.97 Å². The molecule has 10 atom stereocenters. The SMILES string of the molecule is C=C(C)[C@@H]1CCC2(NCCN3CCC(C)(O)CC3)CC[C@]3(C)[C@H](CCC4[C@@]5(C)CC=C(C6=CC[C@](CF)(C(=O)O)CC6)C(C)(C)C5CC[C@]43C)[C@@H]12. The van der Waals surface area contributed by atoms with Crippen molar-refractivity contribution >= 4 is 5.97 Å². The van der Waals surface area contributed by atoms with Gasteiger partial charge in [0, 0.05) is 31.7 Å². The van der Waals surface area contributed by atoms with Gasteiger partial charge in [-0.15, -0.1) is 0 Å².